The molecule has 144 valence electrons. The Labute approximate surface area is 162 Å². The van der Waals surface area contributed by atoms with E-state index in [1.807, 2.05) is 6.07 Å². The average Bonchev–Trinajstić information content (AvgIpc) is 2.68. The second kappa shape index (κ2) is 9.09. The van der Waals surface area contributed by atoms with Crippen LogP contribution in [0.1, 0.15) is 12.5 Å². The maximum absolute atomic E-state index is 12.4. The first-order valence-corrected chi connectivity index (χ1v) is 8.13. The van der Waals surface area contributed by atoms with Crippen molar-refractivity contribution in [1.82, 2.24) is 0 Å². The fourth-order valence-electron chi connectivity index (χ4n) is 2.35. The zero-order chi connectivity index (χ0) is 20.7. The molecule has 0 saturated heterocycles. The number of rotatable bonds is 6. The zero-order valence-electron chi connectivity index (χ0n) is 15.6. The molecule has 0 aliphatic rings. The third kappa shape index (κ3) is 5.02. The topological polar surface area (TPSA) is 121 Å². The Kier molecular flexibility index (Phi) is 6.60. The van der Waals surface area contributed by atoms with Crippen molar-refractivity contribution in [2.75, 3.05) is 24.9 Å². The number of carbonyl (C=O) groups excluding carboxylic acids is 2. The van der Waals surface area contributed by atoms with E-state index in [1.165, 1.54) is 39.4 Å². The van der Waals surface area contributed by atoms with Gasteiger partial charge in [-0.3, -0.25) is 9.59 Å². The van der Waals surface area contributed by atoms with Crippen LogP contribution in [0.15, 0.2) is 42.0 Å². The molecule has 8 nitrogen and oxygen atoms in total. The van der Waals surface area contributed by atoms with Crippen LogP contribution in [0.4, 0.5) is 11.4 Å². The van der Waals surface area contributed by atoms with Gasteiger partial charge in [-0.25, -0.2) is 0 Å². The number of aromatic hydroxyl groups is 1. The van der Waals surface area contributed by atoms with Crippen LogP contribution in [-0.4, -0.2) is 31.1 Å². The summed E-state index contributed by atoms with van der Waals surface area (Å²) >= 11 is 0. The lowest BCUT2D eigenvalue weighted by Crippen LogP contribution is -2.13. The van der Waals surface area contributed by atoms with E-state index in [4.69, 9.17) is 9.47 Å². The number of hydrogen-bond donors (Lipinski definition) is 3. The lowest BCUT2D eigenvalue weighted by atomic mass is 10.1. The third-order valence-corrected chi connectivity index (χ3v) is 3.64. The summed E-state index contributed by atoms with van der Waals surface area (Å²) in [5.41, 5.74) is 1.34. The summed E-state index contributed by atoms with van der Waals surface area (Å²) < 4.78 is 10.1. The van der Waals surface area contributed by atoms with E-state index >= 15 is 0 Å². The highest BCUT2D eigenvalue weighted by Crippen LogP contribution is 2.37. The molecule has 0 fully saturated rings. The molecule has 0 aliphatic carbocycles. The number of nitrogens with one attached hydrogen (secondary N) is 2. The van der Waals surface area contributed by atoms with E-state index in [9.17, 15) is 20.0 Å². The fourth-order valence-corrected chi connectivity index (χ4v) is 2.35. The molecule has 2 rings (SSSR count). The van der Waals surface area contributed by atoms with Crippen LogP contribution in [0.25, 0.3) is 6.08 Å². The number of phenols is 1. The lowest BCUT2D eigenvalue weighted by Gasteiger charge is -2.10. The Morgan fingerprint density at radius 3 is 1.96 bits per heavy atom. The molecule has 0 heterocycles. The lowest BCUT2D eigenvalue weighted by molar-refractivity contribution is -0.114. The summed E-state index contributed by atoms with van der Waals surface area (Å²) in [6.07, 6.45) is 1.35. The SMILES string of the molecule is COc1cc(/C=C(\C#N)C(=O)Nc2ccc(NC(C)=O)cc2)cc(OC)c1O. The molecular formula is C20H19N3O5. The van der Waals surface area contributed by atoms with Gasteiger partial charge in [0.1, 0.15) is 11.6 Å². The number of nitriles is 1. The van der Waals surface area contributed by atoms with Gasteiger partial charge in [0.05, 0.1) is 14.2 Å². The van der Waals surface area contributed by atoms with Crippen molar-refractivity contribution >= 4 is 29.3 Å². The highest BCUT2D eigenvalue weighted by atomic mass is 16.5. The van der Waals surface area contributed by atoms with Crippen LogP contribution < -0.4 is 20.1 Å². The smallest absolute Gasteiger partial charge is 0.266 e. The highest BCUT2D eigenvalue weighted by molar-refractivity contribution is 6.09. The summed E-state index contributed by atoms with van der Waals surface area (Å²) in [5, 5.41) is 24.5. The number of ether oxygens (including phenoxy) is 2. The van der Waals surface area contributed by atoms with E-state index in [0.717, 1.165) is 0 Å². The van der Waals surface area contributed by atoms with Gasteiger partial charge < -0.3 is 25.2 Å². The molecule has 3 N–H and O–H groups in total. The molecule has 0 unspecified atom stereocenters. The summed E-state index contributed by atoms with van der Waals surface area (Å²) in [5.74, 6) is -0.690. The second-order valence-electron chi connectivity index (χ2n) is 5.66. The highest BCUT2D eigenvalue weighted by Gasteiger charge is 2.14. The number of benzene rings is 2. The summed E-state index contributed by atoms with van der Waals surface area (Å²) in [4.78, 5) is 23.4. The molecule has 0 aliphatic heterocycles. The molecule has 28 heavy (non-hydrogen) atoms. The number of anilines is 2. The maximum Gasteiger partial charge on any atom is 0.266 e. The van der Waals surface area contributed by atoms with Crippen molar-refractivity contribution in [3.8, 4) is 23.3 Å². The first kappa shape index (κ1) is 20.3. The molecule has 8 heteroatoms. The quantitative estimate of drug-likeness (QED) is 0.523. The summed E-state index contributed by atoms with van der Waals surface area (Å²) in [6.45, 7) is 1.40. The second-order valence-corrected chi connectivity index (χ2v) is 5.66. The van der Waals surface area contributed by atoms with E-state index in [-0.39, 0.29) is 28.7 Å². The Morgan fingerprint density at radius 1 is 1.04 bits per heavy atom. The number of phenolic OH excluding ortho intramolecular Hbond substituents is 1. The first-order valence-electron chi connectivity index (χ1n) is 8.13. The monoisotopic (exact) mass is 381 g/mol. The predicted octanol–water partition coefficient (Wildman–Crippen LogP) is 2.91. The van der Waals surface area contributed by atoms with Gasteiger partial charge in [0.15, 0.2) is 11.5 Å². The van der Waals surface area contributed by atoms with Gasteiger partial charge in [0, 0.05) is 18.3 Å². The number of carbonyl (C=O) groups is 2. The minimum atomic E-state index is -0.610. The Morgan fingerprint density at radius 2 is 1.54 bits per heavy atom. The fraction of sp³-hybridized carbons (Fsp3) is 0.150. The van der Waals surface area contributed by atoms with Crippen molar-refractivity contribution in [2.45, 2.75) is 6.92 Å². The third-order valence-electron chi connectivity index (χ3n) is 3.64. The van der Waals surface area contributed by atoms with Gasteiger partial charge in [0.25, 0.3) is 5.91 Å². The molecule has 0 aromatic heterocycles. The molecular weight excluding hydrogens is 362 g/mol. The Bertz CT molecular complexity index is 934. The first-order chi connectivity index (χ1) is 13.4. The molecule has 0 saturated carbocycles. The van der Waals surface area contributed by atoms with Crippen LogP contribution in [0.3, 0.4) is 0 Å². The average molecular weight is 381 g/mol. The van der Waals surface area contributed by atoms with E-state index in [1.54, 1.807) is 24.3 Å². The van der Waals surface area contributed by atoms with Crippen molar-refractivity contribution in [1.29, 1.82) is 5.26 Å². The Balaban J connectivity index is 2.24. The van der Waals surface area contributed by atoms with Crippen molar-refractivity contribution < 1.29 is 24.2 Å². The van der Waals surface area contributed by atoms with E-state index in [2.05, 4.69) is 10.6 Å². The van der Waals surface area contributed by atoms with E-state index in [0.29, 0.717) is 16.9 Å². The maximum atomic E-state index is 12.4. The van der Waals surface area contributed by atoms with Crippen LogP contribution in [-0.2, 0) is 9.59 Å². The minimum absolute atomic E-state index is 0.150. The standard InChI is InChI=1S/C20H19N3O5/c1-12(24)22-15-4-6-16(7-5-15)23-20(26)14(11-21)8-13-9-17(27-2)19(25)18(10-13)28-3/h4-10,25H,1-3H3,(H,22,24)(H,23,26)/b14-8+. The molecule has 2 aromatic carbocycles. The molecule has 0 radical (unpaired) electrons. The van der Waals surface area contributed by atoms with Gasteiger partial charge in [0.2, 0.25) is 11.7 Å². The van der Waals surface area contributed by atoms with Crippen molar-refractivity contribution in [3.05, 3.63) is 47.5 Å². The Hall–Kier alpha value is -3.99. The van der Waals surface area contributed by atoms with Crippen molar-refractivity contribution in [2.24, 2.45) is 0 Å². The number of amides is 2. The minimum Gasteiger partial charge on any atom is -0.502 e. The molecule has 0 spiro atoms. The normalized spacial score (nSPS) is 10.6. The molecule has 2 amide bonds. The molecule has 2 aromatic rings. The van der Waals surface area contributed by atoms with Gasteiger partial charge in [-0.2, -0.15) is 5.26 Å². The van der Waals surface area contributed by atoms with Gasteiger partial charge in [-0.05, 0) is 48.0 Å². The van der Waals surface area contributed by atoms with Gasteiger partial charge >= 0.3 is 0 Å². The van der Waals surface area contributed by atoms with Crippen LogP contribution in [0, 0.1) is 11.3 Å². The summed E-state index contributed by atoms with van der Waals surface area (Å²) in [7, 11) is 2.76. The van der Waals surface area contributed by atoms with Crippen LogP contribution in [0.5, 0.6) is 17.2 Å². The predicted molar refractivity (Wildman–Crippen MR) is 104 cm³/mol. The molecule has 0 atom stereocenters. The van der Waals surface area contributed by atoms with Crippen molar-refractivity contribution in [3.63, 3.8) is 0 Å². The van der Waals surface area contributed by atoms with Gasteiger partial charge in [-0.15, -0.1) is 0 Å². The molecule has 0 bridgehead atoms. The van der Waals surface area contributed by atoms with Gasteiger partial charge in [-0.1, -0.05) is 0 Å². The summed E-state index contributed by atoms with van der Waals surface area (Å²) in [6, 6.07) is 11.3. The number of hydrogen-bond acceptors (Lipinski definition) is 6. The van der Waals surface area contributed by atoms with Crippen LogP contribution >= 0.6 is 0 Å². The largest absolute Gasteiger partial charge is 0.502 e. The van der Waals surface area contributed by atoms with E-state index < -0.39 is 5.91 Å². The number of nitrogens with zero attached hydrogens (tertiary/aromatic N) is 1. The number of methoxy groups -OCH3 is 2. The van der Waals surface area contributed by atoms with Crippen LogP contribution in [0.2, 0.25) is 0 Å². The zero-order valence-corrected chi connectivity index (χ0v) is 15.6.